The van der Waals surface area contributed by atoms with Crippen molar-refractivity contribution in [1.82, 2.24) is 9.47 Å². The summed E-state index contributed by atoms with van der Waals surface area (Å²) in [6, 6.07) is 17.1. The van der Waals surface area contributed by atoms with Crippen molar-refractivity contribution < 1.29 is 14.7 Å². The van der Waals surface area contributed by atoms with E-state index in [1.165, 1.54) is 5.70 Å². The van der Waals surface area contributed by atoms with E-state index in [9.17, 15) is 14.7 Å². The summed E-state index contributed by atoms with van der Waals surface area (Å²) in [4.78, 5) is 28.0. The van der Waals surface area contributed by atoms with Gasteiger partial charge in [0.1, 0.15) is 0 Å². The standard InChI is InChI=1S/C33H39N5O3/c1-21-19-24(5-14-31(21)38-17-15-29(39)16-18-38)32(40)35-27-10-6-25(7-11-27)34-26-8-12-28(13-9-26)36-33(41)30-20-22(2)37(4)23(30)3/h5-14,20-21,29,34,39H,15-19H2,1-4H3,(H,35,40)(H,36,41). The third kappa shape index (κ3) is 6.55. The number of amides is 2. The van der Waals surface area contributed by atoms with Gasteiger partial charge in [-0.1, -0.05) is 13.0 Å². The van der Waals surface area contributed by atoms with Crippen molar-refractivity contribution in [3.8, 4) is 0 Å². The Balaban J connectivity index is 1.14. The molecule has 5 rings (SSSR count). The molecule has 0 bridgehead atoms. The third-order valence-electron chi connectivity index (χ3n) is 8.20. The maximum Gasteiger partial charge on any atom is 0.257 e. The van der Waals surface area contributed by atoms with Gasteiger partial charge in [-0.3, -0.25) is 9.59 Å². The average molecular weight is 554 g/mol. The number of rotatable bonds is 7. The van der Waals surface area contributed by atoms with E-state index >= 15 is 0 Å². The number of aliphatic hydroxyl groups is 1. The van der Waals surface area contributed by atoms with Crippen molar-refractivity contribution in [3.05, 3.63) is 95.0 Å². The molecular formula is C33H39N5O3. The second-order valence-corrected chi connectivity index (χ2v) is 11.1. The lowest BCUT2D eigenvalue weighted by Crippen LogP contribution is -2.37. The van der Waals surface area contributed by atoms with Crippen LogP contribution in [0.4, 0.5) is 22.7 Å². The number of nitrogens with one attached hydrogen (secondary N) is 3. The number of carbonyl (C=O) groups is 2. The van der Waals surface area contributed by atoms with Crippen LogP contribution in [0.25, 0.3) is 0 Å². The Kier molecular flexibility index (Phi) is 8.31. The van der Waals surface area contributed by atoms with Gasteiger partial charge in [0.25, 0.3) is 11.8 Å². The minimum absolute atomic E-state index is 0.0829. The highest BCUT2D eigenvalue weighted by Gasteiger charge is 2.26. The average Bonchev–Trinajstić information content (AvgIpc) is 3.23. The molecule has 2 heterocycles. The van der Waals surface area contributed by atoms with Crippen LogP contribution >= 0.6 is 0 Å². The van der Waals surface area contributed by atoms with Crippen molar-refractivity contribution in [2.75, 3.05) is 29.0 Å². The summed E-state index contributed by atoms with van der Waals surface area (Å²) in [5.41, 5.74) is 7.91. The van der Waals surface area contributed by atoms with E-state index in [0.717, 1.165) is 65.6 Å². The van der Waals surface area contributed by atoms with Crippen molar-refractivity contribution in [2.24, 2.45) is 13.0 Å². The zero-order valence-electron chi connectivity index (χ0n) is 24.2. The van der Waals surface area contributed by atoms with Crippen LogP contribution in [0.1, 0.15) is 47.9 Å². The number of allylic oxidation sites excluding steroid dienone is 3. The van der Waals surface area contributed by atoms with E-state index in [4.69, 9.17) is 0 Å². The second kappa shape index (κ2) is 12.1. The predicted octanol–water partition coefficient (Wildman–Crippen LogP) is 5.88. The van der Waals surface area contributed by atoms with Gasteiger partial charge < -0.3 is 30.5 Å². The summed E-state index contributed by atoms with van der Waals surface area (Å²) in [6.07, 6.45) is 6.08. The Hall–Kier alpha value is -4.30. The van der Waals surface area contributed by atoms with E-state index in [0.29, 0.717) is 12.0 Å². The molecule has 0 radical (unpaired) electrons. The number of benzene rings is 2. The van der Waals surface area contributed by atoms with E-state index in [-0.39, 0.29) is 23.8 Å². The minimum atomic E-state index is -0.196. The summed E-state index contributed by atoms with van der Waals surface area (Å²) >= 11 is 0. The van der Waals surface area contributed by atoms with Crippen LogP contribution in [0.3, 0.4) is 0 Å². The van der Waals surface area contributed by atoms with Gasteiger partial charge in [-0.25, -0.2) is 0 Å². The summed E-state index contributed by atoms with van der Waals surface area (Å²) < 4.78 is 2.00. The van der Waals surface area contributed by atoms with Crippen LogP contribution in [-0.2, 0) is 11.8 Å². The molecule has 1 aromatic heterocycles. The fraction of sp³-hybridized carbons (Fsp3) is 0.333. The van der Waals surface area contributed by atoms with Crippen molar-refractivity contribution in [1.29, 1.82) is 0 Å². The van der Waals surface area contributed by atoms with Gasteiger partial charge in [0, 0.05) is 71.5 Å². The molecule has 1 aliphatic carbocycles. The maximum absolute atomic E-state index is 12.9. The summed E-state index contributed by atoms with van der Waals surface area (Å²) in [5, 5.41) is 19.1. The van der Waals surface area contributed by atoms with Crippen LogP contribution < -0.4 is 16.0 Å². The number of aromatic nitrogens is 1. The molecule has 1 atom stereocenters. The lowest BCUT2D eigenvalue weighted by molar-refractivity contribution is -0.113. The smallest absolute Gasteiger partial charge is 0.257 e. The Labute approximate surface area is 241 Å². The van der Waals surface area contributed by atoms with Crippen LogP contribution in [0.5, 0.6) is 0 Å². The number of likely N-dealkylation sites (tertiary alicyclic amines) is 1. The Bertz CT molecular complexity index is 1480. The highest BCUT2D eigenvalue weighted by Crippen LogP contribution is 2.30. The number of aryl methyl sites for hydroxylation is 1. The van der Waals surface area contributed by atoms with Crippen molar-refractivity contribution in [3.63, 3.8) is 0 Å². The number of aliphatic hydroxyl groups excluding tert-OH is 1. The lowest BCUT2D eigenvalue weighted by atomic mass is 9.90. The predicted molar refractivity (Wildman–Crippen MR) is 164 cm³/mol. The van der Waals surface area contributed by atoms with E-state index in [1.807, 2.05) is 86.1 Å². The van der Waals surface area contributed by atoms with Gasteiger partial charge in [0.15, 0.2) is 0 Å². The Morgan fingerprint density at radius 2 is 1.37 bits per heavy atom. The number of piperidine rings is 1. The first-order chi connectivity index (χ1) is 19.7. The molecule has 8 heteroatoms. The van der Waals surface area contributed by atoms with Gasteiger partial charge in [-0.15, -0.1) is 0 Å². The van der Waals surface area contributed by atoms with Gasteiger partial charge >= 0.3 is 0 Å². The molecule has 41 heavy (non-hydrogen) atoms. The molecule has 0 saturated carbocycles. The first kappa shape index (κ1) is 28.2. The molecule has 2 amide bonds. The van der Waals surface area contributed by atoms with Gasteiger partial charge in [-0.05, 0) is 93.8 Å². The molecule has 0 spiro atoms. The first-order valence-corrected chi connectivity index (χ1v) is 14.2. The van der Waals surface area contributed by atoms with Crippen molar-refractivity contribution >= 4 is 34.6 Å². The van der Waals surface area contributed by atoms with Crippen LogP contribution in [0.2, 0.25) is 0 Å². The lowest BCUT2D eigenvalue weighted by Gasteiger charge is -2.37. The zero-order chi connectivity index (χ0) is 29.1. The summed E-state index contributed by atoms with van der Waals surface area (Å²) in [7, 11) is 1.95. The SMILES string of the molecule is Cc1cc(C(=O)Nc2ccc(Nc3ccc(NC(=O)C4=CC=C(N5CCC(O)CC5)C(C)C4)cc3)cc2)c(C)n1C. The molecular weight excluding hydrogens is 514 g/mol. The minimum Gasteiger partial charge on any atom is -0.393 e. The first-order valence-electron chi connectivity index (χ1n) is 14.2. The largest absolute Gasteiger partial charge is 0.393 e. The van der Waals surface area contributed by atoms with Crippen molar-refractivity contribution in [2.45, 2.75) is 46.1 Å². The highest BCUT2D eigenvalue weighted by molar-refractivity contribution is 6.05. The third-order valence-corrected chi connectivity index (χ3v) is 8.20. The maximum atomic E-state index is 12.9. The highest BCUT2D eigenvalue weighted by atomic mass is 16.3. The van der Waals surface area contributed by atoms with Gasteiger partial charge in [0.05, 0.1) is 11.7 Å². The van der Waals surface area contributed by atoms with Crippen LogP contribution in [0, 0.1) is 19.8 Å². The number of nitrogens with zero attached hydrogens (tertiary/aromatic N) is 2. The normalized spacial score (nSPS) is 17.5. The molecule has 4 N–H and O–H groups in total. The topological polar surface area (TPSA) is 98.6 Å². The molecule has 8 nitrogen and oxygen atoms in total. The fourth-order valence-corrected chi connectivity index (χ4v) is 5.50. The molecule has 214 valence electrons. The van der Waals surface area contributed by atoms with E-state index < -0.39 is 0 Å². The zero-order valence-corrected chi connectivity index (χ0v) is 24.2. The molecule has 2 aliphatic rings. The summed E-state index contributed by atoms with van der Waals surface area (Å²) in [6.45, 7) is 7.80. The molecule has 1 unspecified atom stereocenters. The molecule has 3 aromatic rings. The Morgan fingerprint density at radius 1 is 0.829 bits per heavy atom. The number of carbonyl (C=O) groups excluding carboxylic acids is 2. The van der Waals surface area contributed by atoms with E-state index in [2.05, 4.69) is 33.9 Å². The van der Waals surface area contributed by atoms with Crippen LogP contribution in [-0.4, -0.2) is 45.6 Å². The quantitative estimate of drug-likeness (QED) is 0.293. The van der Waals surface area contributed by atoms with Crippen LogP contribution in [0.15, 0.2) is 78.0 Å². The number of hydrogen-bond acceptors (Lipinski definition) is 5. The molecule has 1 aliphatic heterocycles. The van der Waals surface area contributed by atoms with Gasteiger partial charge in [0.2, 0.25) is 0 Å². The van der Waals surface area contributed by atoms with E-state index in [1.54, 1.807) is 0 Å². The molecule has 1 saturated heterocycles. The number of hydrogen-bond donors (Lipinski definition) is 4. The van der Waals surface area contributed by atoms with Gasteiger partial charge in [-0.2, -0.15) is 0 Å². The fourth-order valence-electron chi connectivity index (χ4n) is 5.50. The number of anilines is 4. The molecule has 1 fully saturated rings. The second-order valence-electron chi connectivity index (χ2n) is 11.1. The molecule has 2 aromatic carbocycles. The summed E-state index contributed by atoms with van der Waals surface area (Å²) in [5.74, 6) is 0.0524. The monoisotopic (exact) mass is 553 g/mol. The Morgan fingerprint density at radius 3 is 1.88 bits per heavy atom.